The van der Waals surface area contributed by atoms with E-state index in [1.807, 2.05) is 31.1 Å². The van der Waals surface area contributed by atoms with E-state index in [0.717, 1.165) is 4.70 Å². The second kappa shape index (κ2) is 9.02. The minimum absolute atomic E-state index is 0. The highest BCUT2D eigenvalue weighted by molar-refractivity contribution is 7.22. The lowest BCUT2D eigenvalue weighted by Gasteiger charge is -2.22. The van der Waals surface area contributed by atoms with Crippen molar-refractivity contribution >= 4 is 68.2 Å². The lowest BCUT2D eigenvalue weighted by atomic mass is 10.2. The molecule has 3 aromatic rings. The van der Waals surface area contributed by atoms with Gasteiger partial charge in [-0.25, -0.2) is 4.98 Å². The van der Waals surface area contributed by atoms with Gasteiger partial charge in [0.05, 0.1) is 20.3 Å². The number of benzene rings is 2. The van der Waals surface area contributed by atoms with Crippen molar-refractivity contribution in [3.8, 4) is 0 Å². The Morgan fingerprint density at radius 2 is 1.73 bits per heavy atom. The number of carbonyl (C=O) groups excluding carboxylic acids is 1. The van der Waals surface area contributed by atoms with Crippen LogP contribution in [0.25, 0.3) is 10.2 Å². The van der Waals surface area contributed by atoms with E-state index in [2.05, 4.69) is 4.98 Å². The number of hydrogen-bond donors (Lipinski definition) is 0. The number of likely N-dealkylation sites (N-methyl/N-ethyl adjacent to an activating group) is 1. The summed E-state index contributed by atoms with van der Waals surface area (Å²) in [5.41, 5.74) is 1.18. The Kier molecular flexibility index (Phi) is 7.26. The summed E-state index contributed by atoms with van der Waals surface area (Å²) in [6, 6.07) is 12.7. The van der Waals surface area contributed by atoms with Crippen LogP contribution in [0, 0.1) is 0 Å². The Hall–Kier alpha value is -1.37. The van der Waals surface area contributed by atoms with E-state index in [1.165, 1.54) is 11.3 Å². The smallest absolute Gasteiger partial charge is 0.261 e. The van der Waals surface area contributed by atoms with Gasteiger partial charge in [0.1, 0.15) is 5.52 Å². The van der Waals surface area contributed by atoms with Crippen LogP contribution < -0.4 is 4.90 Å². The molecule has 0 aliphatic heterocycles. The molecule has 2 aromatic carbocycles. The first-order valence-electron chi connectivity index (χ1n) is 7.73. The average molecular weight is 431 g/mol. The first-order chi connectivity index (χ1) is 12.0. The predicted molar refractivity (Wildman–Crippen MR) is 114 cm³/mol. The molecule has 0 spiro atoms. The Balaban J connectivity index is 0.00000243. The van der Waals surface area contributed by atoms with Crippen molar-refractivity contribution in [1.82, 2.24) is 9.88 Å². The fourth-order valence-corrected chi connectivity index (χ4v) is 3.89. The number of aromatic nitrogens is 1. The molecule has 1 heterocycles. The number of hydrogen-bond acceptors (Lipinski definition) is 4. The normalized spacial score (nSPS) is 10.8. The van der Waals surface area contributed by atoms with Gasteiger partial charge in [0.25, 0.3) is 5.91 Å². The van der Waals surface area contributed by atoms with Gasteiger partial charge in [-0.1, -0.05) is 52.7 Å². The first-order valence-corrected chi connectivity index (χ1v) is 9.31. The van der Waals surface area contributed by atoms with Gasteiger partial charge in [-0.05, 0) is 38.4 Å². The zero-order valence-electron chi connectivity index (χ0n) is 14.3. The fraction of sp³-hybridized carbons (Fsp3) is 0.222. The molecule has 0 atom stereocenters. The maximum atomic E-state index is 13.1. The molecule has 3 rings (SSSR count). The van der Waals surface area contributed by atoms with Gasteiger partial charge in [0.2, 0.25) is 0 Å². The summed E-state index contributed by atoms with van der Waals surface area (Å²) < 4.78 is 0.948. The standard InChI is InChI=1S/C18H17Cl2N3OS.ClH/c1-22(2)10-11-23(17(24)12-6-3-4-7-13(12)19)18-21-16-14(20)8-5-9-15(16)25-18;/h3-9H,10-11H2,1-2H3;1H. The number of carbonyl (C=O) groups is 1. The van der Waals surface area contributed by atoms with Gasteiger partial charge in [0, 0.05) is 13.1 Å². The van der Waals surface area contributed by atoms with Crippen LogP contribution >= 0.6 is 46.9 Å². The van der Waals surface area contributed by atoms with E-state index in [-0.39, 0.29) is 18.3 Å². The molecule has 138 valence electrons. The SMILES string of the molecule is CN(C)CCN(C(=O)c1ccccc1Cl)c1nc2c(Cl)cccc2s1.Cl. The lowest BCUT2D eigenvalue weighted by Crippen LogP contribution is -2.36. The van der Waals surface area contributed by atoms with Crippen molar-refractivity contribution in [2.24, 2.45) is 0 Å². The van der Waals surface area contributed by atoms with Crippen molar-refractivity contribution in [3.05, 3.63) is 58.1 Å². The van der Waals surface area contributed by atoms with E-state index in [0.29, 0.717) is 39.3 Å². The lowest BCUT2D eigenvalue weighted by molar-refractivity contribution is 0.0985. The summed E-state index contributed by atoms with van der Waals surface area (Å²) in [5, 5.41) is 1.63. The van der Waals surface area contributed by atoms with Gasteiger partial charge < -0.3 is 4.90 Å². The van der Waals surface area contributed by atoms with Crippen molar-refractivity contribution in [1.29, 1.82) is 0 Å². The van der Waals surface area contributed by atoms with Crippen LogP contribution in [-0.2, 0) is 0 Å². The molecule has 1 aromatic heterocycles. The average Bonchev–Trinajstić information content (AvgIpc) is 3.00. The summed E-state index contributed by atoms with van der Waals surface area (Å²) in [6.45, 7) is 1.22. The van der Waals surface area contributed by atoms with Crippen molar-refractivity contribution in [3.63, 3.8) is 0 Å². The second-order valence-electron chi connectivity index (χ2n) is 5.82. The largest absolute Gasteiger partial charge is 0.308 e. The molecule has 0 bridgehead atoms. The van der Waals surface area contributed by atoms with Crippen molar-refractivity contribution in [2.75, 3.05) is 32.1 Å². The fourth-order valence-electron chi connectivity index (χ4n) is 2.38. The molecular formula is C18H18Cl3N3OS. The third kappa shape index (κ3) is 4.48. The number of para-hydroxylation sites is 1. The first kappa shape index (κ1) is 20.9. The van der Waals surface area contributed by atoms with E-state index < -0.39 is 0 Å². The maximum absolute atomic E-state index is 13.1. The number of halogens is 3. The van der Waals surface area contributed by atoms with Crippen LogP contribution in [0.2, 0.25) is 10.0 Å². The van der Waals surface area contributed by atoms with Gasteiger partial charge in [0.15, 0.2) is 5.13 Å². The molecule has 0 aliphatic carbocycles. The number of anilines is 1. The minimum atomic E-state index is -0.164. The Morgan fingerprint density at radius 1 is 1.04 bits per heavy atom. The molecule has 0 radical (unpaired) electrons. The van der Waals surface area contributed by atoms with E-state index in [4.69, 9.17) is 23.2 Å². The van der Waals surface area contributed by atoms with Crippen LogP contribution in [0.1, 0.15) is 10.4 Å². The van der Waals surface area contributed by atoms with E-state index >= 15 is 0 Å². The molecule has 4 nitrogen and oxygen atoms in total. The Bertz CT molecular complexity index is 914. The second-order valence-corrected chi connectivity index (χ2v) is 7.65. The van der Waals surface area contributed by atoms with Crippen LogP contribution in [0.5, 0.6) is 0 Å². The van der Waals surface area contributed by atoms with E-state index in [1.54, 1.807) is 35.2 Å². The molecule has 0 fully saturated rings. The Labute approximate surface area is 172 Å². The van der Waals surface area contributed by atoms with Crippen LogP contribution in [-0.4, -0.2) is 43.0 Å². The highest BCUT2D eigenvalue weighted by Crippen LogP contribution is 2.33. The molecule has 0 N–H and O–H groups in total. The summed E-state index contributed by atoms with van der Waals surface area (Å²) in [6.07, 6.45) is 0. The summed E-state index contributed by atoms with van der Waals surface area (Å²) >= 11 is 13.9. The van der Waals surface area contributed by atoms with Gasteiger partial charge in [-0.3, -0.25) is 9.69 Å². The zero-order valence-corrected chi connectivity index (χ0v) is 17.4. The number of amides is 1. The minimum Gasteiger partial charge on any atom is -0.308 e. The summed E-state index contributed by atoms with van der Waals surface area (Å²) in [5.74, 6) is -0.164. The number of fused-ring (bicyclic) bond motifs is 1. The quantitative estimate of drug-likeness (QED) is 0.556. The van der Waals surface area contributed by atoms with Crippen LogP contribution in [0.3, 0.4) is 0 Å². The molecule has 0 unspecified atom stereocenters. The third-order valence-corrected chi connectivity index (χ3v) is 5.39. The molecule has 0 saturated carbocycles. The summed E-state index contributed by atoms with van der Waals surface area (Å²) in [4.78, 5) is 21.4. The van der Waals surface area contributed by atoms with Gasteiger partial charge in [-0.15, -0.1) is 12.4 Å². The molecule has 26 heavy (non-hydrogen) atoms. The third-order valence-electron chi connectivity index (χ3n) is 3.71. The van der Waals surface area contributed by atoms with Gasteiger partial charge in [-0.2, -0.15) is 0 Å². The number of nitrogens with zero attached hydrogens (tertiary/aromatic N) is 3. The predicted octanol–water partition coefficient (Wildman–Crippen LogP) is 5.23. The van der Waals surface area contributed by atoms with Gasteiger partial charge >= 0.3 is 0 Å². The molecular weight excluding hydrogens is 413 g/mol. The Morgan fingerprint density at radius 3 is 2.38 bits per heavy atom. The van der Waals surface area contributed by atoms with Crippen LogP contribution in [0.4, 0.5) is 5.13 Å². The van der Waals surface area contributed by atoms with Crippen LogP contribution in [0.15, 0.2) is 42.5 Å². The molecule has 1 amide bonds. The van der Waals surface area contributed by atoms with Crippen molar-refractivity contribution < 1.29 is 4.79 Å². The molecule has 8 heteroatoms. The topological polar surface area (TPSA) is 36.4 Å². The monoisotopic (exact) mass is 429 g/mol. The number of rotatable bonds is 5. The molecule has 0 saturated heterocycles. The maximum Gasteiger partial charge on any atom is 0.261 e. The highest BCUT2D eigenvalue weighted by atomic mass is 35.5. The van der Waals surface area contributed by atoms with Crippen molar-refractivity contribution in [2.45, 2.75) is 0 Å². The van der Waals surface area contributed by atoms with E-state index in [9.17, 15) is 4.79 Å². The number of thiazole rings is 1. The zero-order chi connectivity index (χ0) is 18.0. The summed E-state index contributed by atoms with van der Waals surface area (Å²) in [7, 11) is 3.93. The highest BCUT2D eigenvalue weighted by Gasteiger charge is 2.23. The molecule has 0 aliphatic rings.